The molecule has 0 saturated carbocycles. The van der Waals surface area contributed by atoms with E-state index in [9.17, 15) is 0 Å². The third-order valence-corrected chi connectivity index (χ3v) is 7.51. The predicted molar refractivity (Wildman–Crippen MR) is 90.8 cm³/mol. The Morgan fingerprint density at radius 2 is 0.810 bits per heavy atom. The second kappa shape index (κ2) is 6.12. The largest absolute Gasteiger partial charge is 0.475 e. The predicted octanol–water partition coefficient (Wildman–Crippen LogP) is 1.75. The van der Waals surface area contributed by atoms with Crippen LogP contribution in [0.3, 0.4) is 0 Å². The highest BCUT2D eigenvalue weighted by Crippen LogP contribution is 2.07. The molecule has 3 heteroatoms. The van der Waals surface area contributed by atoms with E-state index in [4.69, 9.17) is 12.4 Å². The van der Waals surface area contributed by atoms with Gasteiger partial charge in [-0.2, -0.15) is 0 Å². The molecule has 3 aromatic rings. The minimum absolute atomic E-state index is 1.14. The first-order valence-electron chi connectivity index (χ1n) is 6.92. The Bertz CT molecular complexity index is 590. The van der Waals surface area contributed by atoms with Crippen LogP contribution in [0.15, 0.2) is 91.0 Å². The summed E-state index contributed by atoms with van der Waals surface area (Å²) in [6.07, 6.45) is 0. The minimum Gasteiger partial charge on any atom is -0.475 e. The van der Waals surface area contributed by atoms with Crippen molar-refractivity contribution in [1.29, 1.82) is 0 Å². The first kappa shape index (κ1) is 13.9. The monoisotopic (exact) mass is 286 g/mol. The molecule has 0 aromatic heterocycles. The van der Waals surface area contributed by atoms with Gasteiger partial charge in [-0.1, -0.05) is 91.0 Å². The van der Waals surface area contributed by atoms with E-state index in [0.717, 1.165) is 15.6 Å². The highest BCUT2D eigenvalue weighted by molar-refractivity contribution is 7.08. The molecule has 0 aliphatic rings. The highest BCUT2D eigenvalue weighted by atomic mass is 28.4. The second-order valence-corrected chi connectivity index (χ2v) is 8.23. The Morgan fingerprint density at radius 1 is 0.524 bits per heavy atom. The van der Waals surface area contributed by atoms with Gasteiger partial charge in [0.2, 0.25) is 0 Å². The minimum atomic E-state index is -2.62. The zero-order valence-electron chi connectivity index (χ0n) is 11.6. The van der Waals surface area contributed by atoms with E-state index >= 15 is 0 Å². The Balaban J connectivity index is 2.29. The van der Waals surface area contributed by atoms with Gasteiger partial charge < -0.3 is 4.34 Å². The average molecular weight is 286 g/mol. The van der Waals surface area contributed by atoms with Gasteiger partial charge in [-0.05, 0) is 15.6 Å². The Labute approximate surface area is 127 Å². The van der Waals surface area contributed by atoms with Crippen molar-refractivity contribution in [3.63, 3.8) is 0 Å². The molecule has 0 atom stereocenters. The van der Waals surface area contributed by atoms with Crippen molar-refractivity contribution in [2.75, 3.05) is 0 Å². The van der Waals surface area contributed by atoms with Crippen LogP contribution in [-0.2, 0) is 4.34 Å². The summed E-state index contributed by atoms with van der Waals surface area (Å²) in [5.74, 6) is 0. The van der Waals surface area contributed by atoms with Gasteiger partial charge in [0.25, 0.3) is 16.4 Å². The molecule has 0 saturated heterocycles. The molecule has 2 radical (unpaired) electrons. The second-order valence-electron chi connectivity index (χ2n) is 4.90. The van der Waals surface area contributed by atoms with Crippen molar-refractivity contribution in [2.24, 2.45) is 0 Å². The molecule has 0 unspecified atom stereocenters. The number of hydrogen-bond acceptors (Lipinski definition) is 1. The summed E-state index contributed by atoms with van der Waals surface area (Å²) in [5, 5.41) is 3.43. The van der Waals surface area contributed by atoms with Crippen LogP contribution in [0.25, 0.3) is 0 Å². The summed E-state index contributed by atoms with van der Waals surface area (Å²) >= 11 is 0. The van der Waals surface area contributed by atoms with Gasteiger partial charge in [0, 0.05) is 0 Å². The normalized spacial score (nSPS) is 11.2. The lowest BCUT2D eigenvalue weighted by Gasteiger charge is -2.32. The molecule has 0 bridgehead atoms. The third kappa shape index (κ3) is 2.46. The van der Waals surface area contributed by atoms with Crippen LogP contribution in [0, 0.1) is 0 Å². The van der Waals surface area contributed by atoms with Gasteiger partial charge in [-0.15, -0.1) is 0 Å². The van der Waals surface area contributed by atoms with Crippen LogP contribution in [0.1, 0.15) is 0 Å². The maximum absolute atomic E-state index is 5.87. The van der Waals surface area contributed by atoms with Crippen molar-refractivity contribution in [3.8, 4) is 0 Å². The van der Waals surface area contributed by atoms with Crippen LogP contribution in [0.5, 0.6) is 0 Å². The van der Waals surface area contributed by atoms with Gasteiger partial charge in [0.1, 0.15) is 0 Å². The molecule has 21 heavy (non-hydrogen) atoms. The first-order chi connectivity index (χ1) is 10.4. The van der Waals surface area contributed by atoms with E-state index in [0.29, 0.717) is 0 Å². The quantitative estimate of drug-likeness (QED) is 0.524. The lowest BCUT2D eigenvalue weighted by molar-refractivity contribution is 0.643. The number of hydrogen-bond donors (Lipinski definition) is 0. The number of rotatable bonds is 4. The van der Waals surface area contributed by atoms with E-state index in [1.807, 2.05) is 54.6 Å². The van der Waals surface area contributed by atoms with Crippen LogP contribution >= 0.6 is 0 Å². The number of benzene rings is 3. The Kier molecular flexibility index (Phi) is 4.04. The van der Waals surface area contributed by atoms with Crippen LogP contribution in [-0.4, -0.2) is 16.4 Å². The fourth-order valence-corrected chi connectivity index (χ4v) is 6.12. The summed E-state index contributed by atoms with van der Waals surface area (Å²) in [4.78, 5) is 0. The molecule has 0 aliphatic heterocycles. The van der Waals surface area contributed by atoms with Gasteiger partial charge in [0.15, 0.2) is 0 Å². The lowest BCUT2D eigenvalue weighted by Crippen LogP contribution is -2.69. The molecule has 0 spiro atoms. The topological polar surface area (TPSA) is 9.23 Å². The van der Waals surface area contributed by atoms with Gasteiger partial charge in [0.05, 0.1) is 0 Å². The van der Waals surface area contributed by atoms with Gasteiger partial charge >= 0.3 is 0 Å². The van der Waals surface area contributed by atoms with Gasteiger partial charge in [-0.3, -0.25) is 0 Å². The molecule has 0 heterocycles. The molecule has 0 fully saturated rings. The van der Waals surface area contributed by atoms with Crippen LogP contribution in [0.4, 0.5) is 0 Å². The summed E-state index contributed by atoms with van der Waals surface area (Å²) in [6.45, 7) is 0. The van der Waals surface area contributed by atoms with Crippen molar-refractivity contribution < 1.29 is 4.34 Å². The van der Waals surface area contributed by atoms with Crippen molar-refractivity contribution in [3.05, 3.63) is 91.0 Å². The average Bonchev–Trinajstić information content (AvgIpc) is 2.59. The molecule has 0 N–H and O–H groups in total. The zero-order chi connectivity index (χ0) is 14.5. The molecule has 3 aromatic carbocycles. The van der Waals surface area contributed by atoms with Crippen molar-refractivity contribution >= 4 is 31.9 Å². The van der Waals surface area contributed by atoms with E-state index < -0.39 is 8.32 Å². The fourth-order valence-electron chi connectivity index (χ4n) is 2.72. The van der Waals surface area contributed by atoms with E-state index in [1.54, 1.807) is 0 Å². The maximum atomic E-state index is 5.87. The van der Waals surface area contributed by atoms with E-state index in [-0.39, 0.29) is 0 Å². The summed E-state index contributed by atoms with van der Waals surface area (Å²) in [5.41, 5.74) is 0. The van der Waals surface area contributed by atoms with E-state index in [1.165, 1.54) is 0 Å². The SMILES string of the molecule is [B]O[Si](c1ccccc1)(c1ccccc1)c1ccccc1. The smallest absolute Gasteiger partial charge is 0.273 e. The first-order valence-corrected chi connectivity index (χ1v) is 8.83. The maximum Gasteiger partial charge on any atom is 0.273 e. The standard InChI is InChI=1S/C18H15BOSi/c19-20-21(16-10-4-1-5-11-16,17-12-6-2-7-13-17)18-14-8-3-9-15-18/h1-15H. The summed E-state index contributed by atoms with van der Waals surface area (Å²) in [7, 11) is 3.25. The van der Waals surface area contributed by atoms with Crippen LogP contribution < -0.4 is 15.6 Å². The summed E-state index contributed by atoms with van der Waals surface area (Å²) in [6, 6.07) is 30.8. The van der Waals surface area contributed by atoms with Crippen molar-refractivity contribution in [1.82, 2.24) is 0 Å². The molecule has 3 rings (SSSR count). The van der Waals surface area contributed by atoms with E-state index in [2.05, 4.69) is 36.4 Å². The molecule has 0 amide bonds. The van der Waals surface area contributed by atoms with Gasteiger partial charge in [-0.25, -0.2) is 0 Å². The fraction of sp³-hybridized carbons (Fsp3) is 0. The van der Waals surface area contributed by atoms with Crippen molar-refractivity contribution in [2.45, 2.75) is 0 Å². The summed E-state index contributed by atoms with van der Waals surface area (Å²) < 4.78 is 5.74. The molecular weight excluding hydrogens is 271 g/mol. The Morgan fingerprint density at radius 3 is 1.05 bits per heavy atom. The molecule has 0 aliphatic carbocycles. The lowest BCUT2D eigenvalue weighted by atomic mass is 10.3. The highest BCUT2D eigenvalue weighted by Gasteiger charge is 2.39. The third-order valence-electron chi connectivity index (χ3n) is 3.72. The molecule has 100 valence electrons. The zero-order valence-corrected chi connectivity index (χ0v) is 12.6. The van der Waals surface area contributed by atoms with Crippen LogP contribution in [0.2, 0.25) is 0 Å². The Hall–Kier alpha value is -2.10. The molecule has 1 nitrogen and oxygen atoms in total. The molecular formula is C18H15BOSi.